The molecule has 0 amide bonds. The van der Waals surface area contributed by atoms with Crippen molar-refractivity contribution < 1.29 is 34.4 Å². The van der Waals surface area contributed by atoms with Crippen LogP contribution in [0.5, 0.6) is 0 Å². The van der Waals surface area contributed by atoms with Crippen molar-refractivity contribution in [2.24, 2.45) is 0 Å². The Hall–Kier alpha value is -0.860. The van der Waals surface area contributed by atoms with Crippen LogP contribution in [0.4, 0.5) is 0 Å². The van der Waals surface area contributed by atoms with Crippen LogP contribution in [0.25, 0.3) is 0 Å². The van der Waals surface area contributed by atoms with Gasteiger partial charge in [0, 0.05) is 6.92 Å². The molecular weight excluding hydrogens is 280 g/mol. The van der Waals surface area contributed by atoms with Crippen LogP contribution in [0.15, 0.2) is 0 Å². The van der Waals surface area contributed by atoms with Crippen molar-refractivity contribution in [3.05, 3.63) is 0 Å². The Morgan fingerprint density at radius 2 is 1.53 bits per heavy atom. The van der Waals surface area contributed by atoms with E-state index in [-0.39, 0.29) is 0 Å². The minimum Gasteiger partial charge on any atom is -0.376 e. The minimum atomic E-state index is -3.11. The fourth-order valence-electron chi connectivity index (χ4n) is 2.34. The molecule has 4 atom stereocenters. The number of carbonyl (C=O) groups is 3. The summed E-state index contributed by atoms with van der Waals surface area (Å²) in [7, 11) is 0. The Morgan fingerprint density at radius 1 is 1.05 bits per heavy atom. The van der Waals surface area contributed by atoms with Gasteiger partial charge in [0.2, 0.25) is 5.60 Å². The Morgan fingerprint density at radius 3 is 1.79 bits per heavy atom. The van der Waals surface area contributed by atoms with E-state index in [1.54, 1.807) is 0 Å². The third-order valence-electron chi connectivity index (χ3n) is 3.48. The number of ketones is 3. The summed E-state index contributed by atoms with van der Waals surface area (Å²) >= 11 is 5.52. The molecule has 7 nitrogen and oxygen atoms in total. The number of hydrogen-bond donors (Lipinski definition) is 3. The van der Waals surface area contributed by atoms with Gasteiger partial charge in [0.15, 0.2) is 23.0 Å². The van der Waals surface area contributed by atoms with Crippen molar-refractivity contribution in [3.8, 4) is 0 Å². The smallest absolute Gasteiger partial charge is 0.267 e. The first kappa shape index (κ1) is 16.2. The average molecular weight is 295 g/mol. The van der Waals surface area contributed by atoms with Crippen molar-refractivity contribution in [1.82, 2.24) is 0 Å². The molecule has 0 spiro atoms. The number of halogens is 1. The van der Waals surface area contributed by atoms with Gasteiger partial charge in [-0.15, -0.1) is 11.6 Å². The summed E-state index contributed by atoms with van der Waals surface area (Å²) < 4.78 is 4.85. The molecule has 0 unspecified atom stereocenters. The number of rotatable bonds is 4. The molecule has 0 bridgehead atoms. The number of carbonyl (C=O) groups excluding carboxylic acids is 3. The molecule has 1 aliphatic rings. The van der Waals surface area contributed by atoms with Crippen molar-refractivity contribution in [2.45, 2.75) is 43.9 Å². The molecule has 3 N–H and O–H groups in total. The molecule has 0 aliphatic carbocycles. The Balaban J connectivity index is 3.66. The normalized spacial score (nSPS) is 42.2. The van der Waals surface area contributed by atoms with Crippen LogP contribution in [-0.4, -0.2) is 61.6 Å². The zero-order chi connectivity index (χ0) is 15.2. The topological polar surface area (TPSA) is 121 Å². The molecule has 0 saturated carbocycles. The van der Waals surface area contributed by atoms with E-state index in [0.29, 0.717) is 0 Å². The van der Waals surface area contributed by atoms with Crippen LogP contribution >= 0.6 is 11.6 Å². The summed E-state index contributed by atoms with van der Waals surface area (Å²) in [5.41, 5.74) is -5.92. The van der Waals surface area contributed by atoms with Crippen LogP contribution < -0.4 is 0 Å². The highest BCUT2D eigenvalue weighted by atomic mass is 35.5. The second kappa shape index (κ2) is 4.60. The van der Waals surface area contributed by atoms with Crippen molar-refractivity contribution in [1.29, 1.82) is 0 Å². The molecule has 0 radical (unpaired) electrons. The van der Waals surface area contributed by atoms with E-state index in [4.69, 9.17) is 16.3 Å². The van der Waals surface area contributed by atoms with Gasteiger partial charge < -0.3 is 20.1 Å². The Bertz CT molecular complexity index is 450. The number of ether oxygens (including phenoxy) is 1. The molecule has 108 valence electrons. The summed E-state index contributed by atoms with van der Waals surface area (Å²) in [5.74, 6) is -6.90. The maximum Gasteiger partial charge on any atom is 0.267 e. The van der Waals surface area contributed by atoms with Crippen LogP contribution in [-0.2, 0) is 19.1 Å². The number of Topliss-reactive ketones (excluding diaryl/α,β-unsaturated/α-hetero) is 3. The third kappa shape index (κ3) is 1.70. The van der Waals surface area contributed by atoms with Gasteiger partial charge in [0.1, 0.15) is 6.10 Å². The fourth-order valence-corrected chi connectivity index (χ4v) is 2.62. The molecule has 0 aromatic rings. The third-order valence-corrected chi connectivity index (χ3v) is 3.76. The van der Waals surface area contributed by atoms with E-state index in [1.807, 2.05) is 0 Å². The lowest BCUT2D eigenvalue weighted by molar-refractivity contribution is -0.248. The zero-order valence-electron chi connectivity index (χ0n) is 10.6. The predicted octanol–water partition coefficient (Wildman–Crippen LogP) is -1.46. The molecule has 1 rings (SSSR count). The van der Waals surface area contributed by atoms with Gasteiger partial charge in [-0.25, -0.2) is 0 Å². The number of alkyl halides is 1. The van der Waals surface area contributed by atoms with E-state index in [0.717, 1.165) is 20.8 Å². The van der Waals surface area contributed by atoms with E-state index < -0.39 is 46.3 Å². The predicted molar refractivity (Wildman–Crippen MR) is 62.5 cm³/mol. The van der Waals surface area contributed by atoms with Gasteiger partial charge in [-0.3, -0.25) is 14.4 Å². The van der Waals surface area contributed by atoms with Gasteiger partial charge in [0.25, 0.3) is 5.79 Å². The first-order chi connectivity index (χ1) is 8.50. The van der Waals surface area contributed by atoms with Crippen molar-refractivity contribution in [3.63, 3.8) is 0 Å². The van der Waals surface area contributed by atoms with Crippen molar-refractivity contribution in [2.75, 3.05) is 5.88 Å². The molecule has 1 heterocycles. The molecule has 1 fully saturated rings. The molecule has 8 heteroatoms. The molecular formula is C11H15ClO7. The van der Waals surface area contributed by atoms with Crippen molar-refractivity contribution >= 4 is 29.0 Å². The van der Waals surface area contributed by atoms with Crippen LogP contribution in [0.3, 0.4) is 0 Å². The van der Waals surface area contributed by atoms with Gasteiger partial charge in [0.05, 0.1) is 5.88 Å². The quantitative estimate of drug-likeness (QED) is 0.542. The highest BCUT2D eigenvalue weighted by Gasteiger charge is 2.79. The van der Waals surface area contributed by atoms with Gasteiger partial charge in [-0.1, -0.05) is 0 Å². The maximum atomic E-state index is 11.7. The number of hydrogen-bond acceptors (Lipinski definition) is 7. The lowest BCUT2D eigenvalue weighted by Crippen LogP contribution is -2.72. The van der Waals surface area contributed by atoms with Gasteiger partial charge in [-0.2, -0.15) is 0 Å². The first-order valence-corrected chi connectivity index (χ1v) is 5.97. The summed E-state index contributed by atoms with van der Waals surface area (Å²) in [6.07, 6.45) is -1.60. The monoisotopic (exact) mass is 294 g/mol. The van der Waals surface area contributed by atoms with Crippen LogP contribution in [0.1, 0.15) is 20.8 Å². The first-order valence-electron chi connectivity index (χ1n) is 5.44. The highest BCUT2D eigenvalue weighted by molar-refractivity contribution is 6.19. The summed E-state index contributed by atoms with van der Waals surface area (Å²) in [6.45, 7) is 2.57. The van der Waals surface area contributed by atoms with Crippen LogP contribution in [0, 0.1) is 0 Å². The van der Waals surface area contributed by atoms with Crippen LogP contribution in [0.2, 0.25) is 0 Å². The standard InChI is InChI=1S/C11H15ClO7/c1-5(13)9(16)8(4-12)19-11(18,7(3)15)10(9,17)6(2)14/h8,16-18H,4H2,1-3H3/t8-,9-,10-,11+/m1/s1. The summed E-state index contributed by atoms with van der Waals surface area (Å²) in [4.78, 5) is 34.8. The fraction of sp³-hybridized carbons (Fsp3) is 0.727. The molecule has 1 aliphatic heterocycles. The number of aliphatic hydroxyl groups is 3. The minimum absolute atomic E-state index is 0.513. The highest BCUT2D eigenvalue weighted by Crippen LogP contribution is 2.47. The molecule has 0 aromatic carbocycles. The Labute approximate surface area is 114 Å². The lowest BCUT2D eigenvalue weighted by Gasteiger charge is -2.38. The van der Waals surface area contributed by atoms with Gasteiger partial charge >= 0.3 is 0 Å². The lowest BCUT2D eigenvalue weighted by atomic mass is 9.71. The van der Waals surface area contributed by atoms with Gasteiger partial charge in [-0.05, 0) is 13.8 Å². The van der Waals surface area contributed by atoms with E-state index in [2.05, 4.69) is 0 Å². The van der Waals surface area contributed by atoms with E-state index >= 15 is 0 Å². The second-order valence-corrected chi connectivity index (χ2v) is 4.86. The summed E-state index contributed by atoms with van der Waals surface area (Å²) in [6, 6.07) is 0. The molecule has 19 heavy (non-hydrogen) atoms. The average Bonchev–Trinajstić information content (AvgIpc) is 2.50. The second-order valence-electron chi connectivity index (χ2n) is 4.55. The molecule has 1 saturated heterocycles. The maximum absolute atomic E-state index is 11.7. The van der Waals surface area contributed by atoms with E-state index in [1.165, 1.54) is 0 Å². The Kier molecular flexibility index (Phi) is 3.92. The van der Waals surface area contributed by atoms with E-state index in [9.17, 15) is 29.7 Å². The zero-order valence-corrected chi connectivity index (χ0v) is 11.4. The molecule has 0 aromatic heterocycles. The SMILES string of the molecule is CC(=O)[C@]1(O)[C@](O)(C(C)=O)O[C@H](CCl)[C@]1(O)C(C)=O. The summed E-state index contributed by atoms with van der Waals surface area (Å²) in [5, 5.41) is 30.9. The largest absolute Gasteiger partial charge is 0.376 e.